The molecule has 0 aliphatic heterocycles. The molecule has 2 rings (SSSR count). The third-order valence-corrected chi connectivity index (χ3v) is 5.89. The van der Waals surface area contributed by atoms with E-state index in [-0.39, 0.29) is 16.4 Å². The number of sulfone groups is 1. The minimum absolute atomic E-state index is 0.0989. The number of hydrogen-bond donors (Lipinski definition) is 2. The van der Waals surface area contributed by atoms with Gasteiger partial charge in [-0.05, 0) is 61.4 Å². The van der Waals surface area contributed by atoms with Gasteiger partial charge in [0.1, 0.15) is 5.75 Å². The lowest BCUT2D eigenvalue weighted by atomic mass is 10.1. The molecule has 0 saturated heterocycles. The number of nitrogens with one attached hydrogen (secondary N) is 1. The molecule has 1 amide bonds. The van der Waals surface area contributed by atoms with Crippen LogP contribution in [-0.2, 0) is 24.7 Å². The average Bonchev–Trinajstić information content (AvgIpc) is 2.55. The van der Waals surface area contributed by atoms with Crippen LogP contribution in [0.5, 0.6) is 5.75 Å². The van der Waals surface area contributed by atoms with Crippen LogP contribution in [0.15, 0.2) is 46.2 Å². The Hall–Kier alpha value is -2.43. The number of sulfonamides is 1. The zero-order chi connectivity index (χ0) is 20.4. The molecule has 0 radical (unpaired) electrons. The molecule has 0 bridgehead atoms. The van der Waals surface area contributed by atoms with Gasteiger partial charge in [0.05, 0.1) is 9.79 Å². The predicted octanol–water partition coefficient (Wildman–Crippen LogP) is 1.37. The van der Waals surface area contributed by atoms with Gasteiger partial charge in [-0.2, -0.15) is 0 Å². The van der Waals surface area contributed by atoms with E-state index in [1.807, 2.05) is 0 Å². The first-order valence-electron chi connectivity index (χ1n) is 7.75. The van der Waals surface area contributed by atoms with E-state index >= 15 is 0 Å². The molecule has 0 fully saturated rings. The topological polar surface area (TPSA) is 133 Å². The van der Waals surface area contributed by atoms with E-state index in [2.05, 4.69) is 5.32 Å². The highest BCUT2D eigenvalue weighted by atomic mass is 32.2. The zero-order valence-electron chi connectivity index (χ0n) is 15.0. The van der Waals surface area contributed by atoms with Crippen LogP contribution in [0.25, 0.3) is 0 Å². The molecular formula is C17H20N2O6S2. The highest BCUT2D eigenvalue weighted by molar-refractivity contribution is 7.90. The van der Waals surface area contributed by atoms with Gasteiger partial charge < -0.3 is 10.1 Å². The van der Waals surface area contributed by atoms with Crippen LogP contribution in [0.1, 0.15) is 11.1 Å². The Morgan fingerprint density at radius 2 is 1.63 bits per heavy atom. The maximum absolute atomic E-state index is 12.1. The molecular weight excluding hydrogens is 392 g/mol. The number of carbonyl (C=O) groups excluding carboxylic acids is 1. The number of nitrogens with two attached hydrogens (primary N) is 1. The van der Waals surface area contributed by atoms with E-state index in [0.29, 0.717) is 22.6 Å². The number of rotatable bonds is 6. The Bertz CT molecular complexity index is 1080. The van der Waals surface area contributed by atoms with Crippen LogP contribution in [0.4, 0.5) is 5.69 Å². The lowest BCUT2D eigenvalue weighted by molar-refractivity contribution is -0.118. The lowest BCUT2D eigenvalue weighted by Crippen LogP contribution is -2.21. The monoisotopic (exact) mass is 412 g/mol. The minimum atomic E-state index is -3.90. The molecule has 0 spiro atoms. The van der Waals surface area contributed by atoms with Gasteiger partial charge in [-0.3, -0.25) is 4.79 Å². The standard InChI is InChI=1S/C17H20N2O6S2/c1-11-8-15(27(18,23)24)9-16(12(11)2)19-17(20)10-25-13-4-6-14(7-5-13)26(3,21)22/h4-9H,10H2,1-3H3,(H,19,20)(H2,18,23,24). The van der Waals surface area contributed by atoms with Crippen molar-refractivity contribution in [3.05, 3.63) is 47.5 Å². The third kappa shape index (κ3) is 5.52. The summed E-state index contributed by atoms with van der Waals surface area (Å²) in [6.45, 7) is 3.11. The normalized spacial score (nSPS) is 11.9. The Balaban J connectivity index is 2.09. The molecule has 0 heterocycles. The molecule has 0 atom stereocenters. The fourth-order valence-electron chi connectivity index (χ4n) is 2.24. The summed E-state index contributed by atoms with van der Waals surface area (Å²) in [6, 6.07) is 8.37. The van der Waals surface area contributed by atoms with Crippen LogP contribution in [0, 0.1) is 13.8 Å². The first-order valence-corrected chi connectivity index (χ1v) is 11.2. The van der Waals surface area contributed by atoms with E-state index in [4.69, 9.17) is 9.88 Å². The predicted molar refractivity (Wildman–Crippen MR) is 101 cm³/mol. The summed E-state index contributed by atoms with van der Waals surface area (Å²) >= 11 is 0. The summed E-state index contributed by atoms with van der Waals surface area (Å²) in [5.74, 6) is -0.181. The molecule has 0 unspecified atom stereocenters. The van der Waals surface area contributed by atoms with Crippen molar-refractivity contribution in [3.8, 4) is 5.75 Å². The van der Waals surface area contributed by atoms with Crippen LogP contribution in [0.3, 0.4) is 0 Å². The van der Waals surface area contributed by atoms with Gasteiger partial charge in [-0.15, -0.1) is 0 Å². The second-order valence-corrected chi connectivity index (χ2v) is 9.62. The van der Waals surface area contributed by atoms with Crippen LogP contribution >= 0.6 is 0 Å². The molecule has 10 heteroatoms. The first kappa shape index (κ1) is 20.9. The van der Waals surface area contributed by atoms with Crippen molar-refractivity contribution >= 4 is 31.5 Å². The van der Waals surface area contributed by atoms with E-state index in [1.165, 1.54) is 36.4 Å². The molecule has 3 N–H and O–H groups in total. The fourth-order valence-corrected chi connectivity index (χ4v) is 3.49. The average molecular weight is 412 g/mol. The smallest absolute Gasteiger partial charge is 0.262 e. The largest absolute Gasteiger partial charge is 0.484 e. The van der Waals surface area contributed by atoms with Crippen molar-refractivity contribution < 1.29 is 26.4 Å². The second-order valence-electron chi connectivity index (χ2n) is 6.04. The number of primary sulfonamides is 1. The van der Waals surface area contributed by atoms with E-state index < -0.39 is 25.8 Å². The van der Waals surface area contributed by atoms with Gasteiger partial charge >= 0.3 is 0 Å². The van der Waals surface area contributed by atoms with Crippen molar-refractivity contribution in [3.63, 3.8) is 0 Å². The quantitative estimate of drug-likeness (QED) is 0.736. The van der Waals surface area contributed by atoms with E-state index in [0.717, 1.165) is 6.26 Å². The molecule has 27 heavy (non-hydrogen) atoms. The van der Waals surface area contributed by atoms with Gasteiger partial charge in [0.2, 0.25) is 10.0 Å². The van der Waals surface area contributed by atoms with Gasteiger partial charge in [0.15, 0.2) is 16.4 Å². The second kappa shape index (κ2) is 7.67. The van der Waals surface area contributed by atoms with Gasteiger partial charge in [0, 0.05) is 11.9 Å². The van der Waals surface area contributed by atoms with Gasteiger partial charge in [0.25, 0.3) is 5.91 Å². The van der Waals surface area contributed by atoms with Crippen molar-refractivity contribution in [2.75, 3.05) is 18.2 Å². The Morgan fingerprint density at radius 3 is 2.15 bits per heavy atom. The Morgan fingerprint density at radius 1 is 1.04 bits per heavy atom. The van der Waals surface area contributed by atoms with Crippen LogP contribution < -0.4 is 15.2 Å². The molecule has 0 aliphatic rings. The summed E-state index contributed by atoms with van der Waals surface area (Å²) in [4.78, 5) is 12.2. The Kier molecular flexibility index (Phi) is 5.93. The lowest BCUT2D eigenvalue weighted by Gasteiger charge is -2.13. The zero-order valence-corrected chi connectivity index (χ0v) is 16.6. The maximum Gasteiger partial charge on any atom is 0.262 e. The highest BCUT2D eigenvalue weighted by Gasteiger charge is 2.14. The molecule has 0 saturated carbocycles. The van der Waals surface area contributed by atoms with Crippen molar-refractivity contribution in [1.29, 1.82) is 0 Å². The number of benzene rings is 2. The molecule has 2 aromatic rings. The summed E-state index contributed by atoms with van der Waals surface area (Å²) in [7, 11) is -7.21. The van der Waals surface area contributed by atoms with E-state index in [9.17, 15) is 21.6 Å². The minimum Gasteiger partial charge on any atom is -0.484 e. The summed E-state index contributed by atoms with van der Waals surface area (Å²) in [6.07, 6.45) is 1.09. The SMILES string of the molecule is Cc1cc(S(N)(=O)=O)cc(NC(=O)COc2ccc(S(C)(=O)=O)cc2)c1C. The number of aryl methyl sites for hydroxylation is 1. The number of ether oxygens (including phenoxy) is 1. The molecule has 0 aromatic heterocycles. The number of anilines is 1. The van der Waals surface area contributed by atoms with Crippen molar-refractivity contribution in [1.82, 2.24) is 0 Å². The van der Waals surface area contributed by atoms with Gasteiger partial charge in [-0.25, -0.2) is 22.0 Å². The summed E-state index contributed by atoms with van der Waals surface area (Å²) in [5.41, 5.74) is 1.68. The van der Waals surface area contributed by atoms with Crippen LogP contribution in [0.2, 0.25) is 0 Å². The van der Waals surface area contributed by atoms with Crippen molar-refractivity contribution in [2.45, 2.75) is 23.6 Å². The third-order valence-electron chi connectivity index (χ3n) is 3.87. The molecule has 0 aliphatic carbocycles. The number of hydrogen-bond acceptors (Lipinski definition) is 6. The molecule has 146 valence electrons. The highest BCUT2D eigenvalue weighted by Crippen LogP contribution is 2.23. The number of carbonyl (C=O) groups is 1. The van der Waals surface area contributed by atoms with Crippen molar-refractivity contribution in [2.24, 2.45) is 5.14 Å². The fraction of sp³-hybridized carbons (Fsp3) is 0.235. The Labute approximate surface area is 158 Å². The summed E-state index contributed by atoms with van der Waals surface area (Å²) < 4.78 is 51.2. The van der Waals surface area contributed by atoms with Crippen LogP contribution in [-0.4, -0.2) is 35.6 Å². The molecule has 2 aromatic carbocycles. The molecule has 8 nitrogen and oxygen atoms in total. The maximum atomic E-state index is 12.1. The number of amides is 1. The summed E-state index contributed by atoms with van der Waals surface area (Å²) in [5, 5.41) is 7.73. The van der Waals surface area contributed by atoms with E-state index in [1.54, 1.807) is 13.8 Å². The first-order chi connectivity index (χ1) is 12.4. The van der Waals surface area contributed by atoms with Gasteiger partial charge in [-0.1, -0.05) is 0 Å².